The van der Waals surface area contributed by atoms with Gasteiger partial charge in [-0.2, -0.15) is 0 Å². The lowest BCUT2D eigenvalue weighted by Crippen LogP contribution is -2.19. The van der Waals surface area contributed by atoms with Gasteiger partial charge >= 0.3 is 0 Å². The highest BCUT2D eigenvalue weighted by molar-refractivity contribution is 7.14. The van der Waals surface area contributed by atoms with E-state index in [-0.39, 0.29) is 5.91 Å². The minimum atomic E-state index is 0.00533. The maximum Gasteiger partial charge on any atom is 0.217 e. The van der Waals surface area contributed by atoms with Crippen molar-refractivity contribution in [3.05, 3.63) is 40.0 Å². The van der Waals surface area contributed by atoms with E-state index < -0.39 is 0 Å². The lowest BCUT2D eigenvalue weighted by atomic mass is 10.2. The second-order valence-electron chi connectivity index (χ2n) is 4.55. The monoisotopic (exact) mass is 262 g/mol. The minimum absolute atomic E-state index is 0.00533. The van der Waals surface area contributed by atoms with Gasteiger partial charge in [-0.15, -0.1) is 11.3 Å². The van der Waals surface area contributed by atoms with Crippen molar-refractivity contribution in [3.8, 4) is 5.00 Å². The number of carbonyl (C=O) groups is 1. The molecule has 0 aliphatic carbocycles. The molecule has 0 aromatic carbocycles. The van der Waals surface area contributed by atoms with Gasteiger partial charge in [-0.1, -0.05) is 0 Å². The minimum Gasteiger partial charge on any atom is -0.352 e. The highest BCUT2D eigenvalue weighted by atomic mass is 32.1. The molecular formula is C14H18N2OS. The predicted molar refractivity (Wildman–Crippen MR) is 75.4 cm³/mol. The maximum atomic E-state index is 11.0. The molecule has 4 heteroatoms. The maximum absolute atomic E-state index is 11.0. The molecule has 0 aliphatic heterocycles. The Labute approximate surface area is 111 Å². The molecule has 0 bridgehead atoms. The number of nitrogens with zero attached hydrogens (tertiary/aromatic N) is 1. The number of aryl methyl sites for hydroxylation is 3. The van der Waals surface area contributed by atoms with Gasteiger partial charge in [0.05, 0.1) is 0 Å². The van der Waals surface area contributed by atoms with Crippen LogP contribution in [-0.2, 0) is 11.3 Å². The predicted octanol–water partition coefficient (Wildman–Crippen LogP) is 3.10. The lowest BCUT2D eigenvalue weighted by Gasteiger charge is -2.10. The first-order valence-corrected chi connectivity index (χ1v) is 6.79. The van der Waals surface area contributed by atoms with Crippen molar-refractivity contribution < 1.29 is 4.79 Å². The Bertz CT molecular complexity index is 561. The van der Waals surface area contributed by atoms with E-state index in [1.807, 2.05) is 0 Å². The van der Waals surface area contributed by atoms with Crippen LogP contribution in [-0.4, -0.2) is 10.5 Å². The third kappa shape index (κ3) is 2.48. The fraction of sp³-hybridized carbons (Fsp3) is 0.357. The smallest absolute Gasteiger partial charge is 0.217 e. The molecule has 1 amide bonds. The Morgan fingerprint density at radius 2 is 1.89 bits per heavy atom. The summed E-state index contributed by atoms with van der Waals surface area (Å²) in [5.74, 6) is 0.00533. The van der Waals surface area contributed by atoms with Crippen molar-refractivity contribution in [2.45, 2.75) is 34.2 Å². The Morgan fingerprint density at radius 1 is 1.28 bits per heavy atom. The molecule has 0 saturated heterocycles. The van der Waals surface area contributed by atoms with Gasteiger partial charge in [0.25, 0.3) is 0 Å². The van der Waals surface area contributed by atoms with Gasteiger partial charge in [-0.25, -0.2) is 0 Å². The lowest BCUT2D eigenvalue weighted by molar-refractivity contribution is -0.119. The van der Waals surface area contributed by atoms with Gasteiger partial charge in [0.2, 0.25) is 5.91 Å². The molecule has 0 aliphatic rings. The summed E-state index contributed by atoms with van der Waals surface area (Å²) in [6, 6.07) is 6.38. The Balaban J connectivity index is 2.41. The van der Waals surface area contributed by atoms with Crippen LogP contribution in [0.5, 0.6) is 0 Å². The quantitative estimate of drug-likeness (QED) is 0.906. The SMILES string of the molecule is CC(=O)NCc1cc(C)sc1-n1c(C)ccc1C. The number of thiophene rings is 1. The molecule has 0 saturated carbocycles. The van der Waals surface area contributed by atoms with Crippen LogP contribution < -0.4 is 5.32 Å². The van der Waals surface area contributed by atoms with E-state index >= 15 is 0 Å². The van der Waals surface area contributed by atoms with Gasteiger partial charge in [0, 0.05) is 35.3 Å². The third-order valence-electron chi connectivity index (χ3n) is 2.91. The molecule has 0 spiro atoms. The summed E-state index contributed by atoms with van der Waals surface area (Å²) < 4.78 is 2.24. The Hall–Kier alpha value is -1.55. The van der Waals surface area contributed by atoms with Gasteiger partial charge in [-0.05, 0) is 39.0 Å². The fourth-order valence-corrected chi connectivity index (χ4v) is 3.23. The van der Waals surface area contributed by atoms with Crippen LogP contribution in [0.1, 0.15) is 28.8 Å². The van der Waals surface area contributed by atoms with Crippen LogP contribution in [0.15, 0.2) is 18.2 Å². The summed E-state index contributed by atoms with van der Waals surface area (Å²) >= 11 is 1.76. The number of rotatable bonds is 3. The molecule has 2 aromatic heterocycles. The van der Waals surface area contributed by atoms with Crippen molar-refractivity contribution in [1.82, 2.24) is 9.88 Å². The van der Waals surface area contributed by atoms with Gasteiger partial charge in [0.1, 0.15) is 5.00 Å². The topological polar surface area (TPSA) is 34.0 Å². The number of nitrogens with one attached hydrogen (secondary N) is 1. The van der Waals surface area contributed by atoms with E-state index in [2.05, 4.69) is 48.9 Å². The van der Waals surface area contributed by atoms with Crippen molar-refractivity contribution in [1.29, 1.82) is 0 Å². The third-order valence-corrected chi connectivity index (χ3v) is 3.99. The fourth-order valence-electron chi connectivity index (χ4n) is 2.08. The number of hydrogen-bond donors (Lipinski definition) is 1. The van der Waals surface area contributed by atoms with Crippen LogP contribution in [0, 0.1) is 20.8 Å². The van der Waals surface area contributed by atoms with Crippen molar-refractivity contribution in [3.63, 3.8) is 0 Å². The van der Waals surface area contributed by atoms with Crippen molar-refractivity contribution in [2.24, 2.45) is 0 Å². The first-order valence-electron chi connectivity index (χ1n) is 5.98. The van der Waals surface area contributed by atoms with Crippen LogP contribution in [0.2, 0.25) is 0 Å². The number of amides is 1. The highest BCUT2D eigenvalue weighted by Crippen LogP contribution is 2.29. The zero-order chi connectivity index (χ0) is 13.3. The summed E-state index contributed by atoms with van der Waals surface area (Å²) in [6.07, 6.45) is 0. The molecule has 2 aromatic rings. The largest absolute Gasteiger partial charge is 0.352 e. The molecule has 0 fully saturated rings. The highest BCUT2D eigenvalue weighted by Gasteiger charge is 2.12. The average molecular weight is 262 g/mol. The normalized spacial score (nSPS) is 10.7. The summed E-state index contributed by atoms with van der Waals surface area (Å²) in [7, 11) is 0. The molecule has 2 rings (SSSR count). The van der Waals surface area contributed by atoms with Crippen LogP contribution in [0.4, 0.5) is 0 Å². The molecule has 3 nitrogen and oxygen atoms in total. The molecular weight excluding hydrogens is 244 g/mol. The molecule has 2 heterocycles. The van der Waals surface area contributed by atoms with E-state index in [4.69, 9.17) is 0 Å². The Kier molecular flexibility index (Phi) is 3.57. The standard InChI is InChI=1S/C14H18N2OS/c1-9-5-6-10(2)16(9)14-13(7-11(3)18-14)8-15-12(4)17/h5-7H,8H2,1-4H3,(H,15,17). The van der Waals surface area contributed by atoms with E-state index in [1.54, 1.807) is 18.3 Å². The number of hydrogen-bond acceptors (Lipinski definition) is 2. The molecule has 18 heavy (non-hydrogen) atoms. The zero-order valence-corrected chi connectivity index (χ0v) is 12.0. The van der Waals surface area contributed by atoms with E-state index in [9.17, 15) is 4.79 Å². The van der Waals surface area contributed by atoms with E-state index in [0.29, 0.717) is 6.54 Å². The van der Waals surface area contributed by atoms with E-state index in [0.717, 1.165) is 0 Å². The summed E-state index contributed by atoms with van der Waals surface area (Å²) in [5.41, 5.74) is 3.62. The number of aromatic nitrogens is 1. The average Bonchev–Trinajstić information content (AvgIpc) is 2.79. The molecule has 0 unspecified atom stereocenters. The first kappa shape index (κ1) is 12.9. The first-order chi connectivity index (χ1) is 8.49. The second kappa shape index (κ2) is 4.98. The summed E-state index contributed by atoms with van der Waals surface area (Å²) in [5, 5.41) is 4.08. The van der Waals surface area contributed by atoms with Gasteiger partial charge < -0.3 is 9.88 Å². The molecule has 0 atom stereocenters. The number of carbonyl (C=O) groups excluding carboxylic acids is 1. The summed E-state index contributed by atoms with van der Waals surface area (Å²) in [6.45, 7) is 8.44. The zero-order valence-electron chi connectivity index (χ0n) is 11.2. The van der Waals surface area contributed by atoms with Gasteiger partial charge in [0.15, 0.2) is 0 Å². The molecule has 0 radical (unpaired) electrons. The van der Waals surface area contributed by atoms with Crippen LogP contribution in [0.3, 0.4) is 0 Å². The van der Waals surface area contributed by atoms with Crippen molar-refractivity contribution in [2.75, 3.05) is 0 Å². The Morgan fingerprint density at radius 3 is 2.44 bits per heavy atom. The molecule has 96 valence electrons. The van der Waals surface area contributed by atoms with Crippen LogP contribution >= 0.6 is 11.3 Å². The van der Waals surface area contributed by atoms with Crippen LogP contribution in [0.25, 0.3) is 5.00 Å². The second-order valence-corrected chi connectivity index (χ2v) is 5.78. The van der Waals surface area contributed by atoms with Crippen molar-refractivity contribution >= 4 is 17.2 Å². The summed E-state index contributed by atoms with van der Waals surface area (Å²) in [4.78, 5) is 12.3. The van der Waals surface area contributed by atoms with E-state index in [1.165, 1.54) is 26.8 Å². The molecule has 1 N–H and O–H groups in total. The van der Waals surface area contributed by atoms with Gasteiger partial charge in [-0.3, -0.25) is 4.79 Å².